The fourth-order valence-corrected chi connectivity index (χ4v) is 2.75. The fourth-order valence-electron chi connectivity index (χ4n) is 2.75. The monoisotopic (exact) mass is 211 g/mol. The summed E-state index contributed by atoms with van der Waals surface area (Å²) in [5.74, 6) is 0.869. The summed E-state index contributed by atoms with van der Waals surface area (Å²) in [6, 6.07) is 0.706. The first-order chi connectivity index (χ1) is 7.22. The molecule has 2 N–H and O–H groups in total. The van der Waals surface area contributed by atoms with Gasteiger partial charge in [0.15, 0.2) is 0 Å². The lowest BCUT2D eigenvalue weighted by Crippen LogP contribution is -2.48. The van der Waals surface area contributed by atoms with Gasteiger partial charge in [0.2, 0.25) is 0 Å². The molecule has 0 amide bonds. The molecule has 2 saturated carbocycles. The van der Waals surface area contributed by atoms with E-state index in [0.717, 1.165) is 25.3 Å². The second kappa shape index (κ2) is 4.84. The summed E-state index contributed by atoms with van der Waals surface area (Å²) in [6.45, 7) is 3.09. The highest BCUT2D eigenvalue weighted by atomic mass is 16.3. The summed E-state index contributed by atoms with van der Waals surface area (Å²) in [6.07, 6.45) is 9.73. The van der Waals surface area contributed by atoms with Gasteiger partial charge in [-0.15, -0.1) is 0 Å². The van der Waals surface area contributed by atoms with Gasteiger partial charge in [0.1, 0.15) is 0 Å². The average molecular weight is 211 g/mol. The van der Waals surface area contributed by atoms with Gasteiger partial charge in [-0.25, -0.2) is 0 Å². The first-order valence-corrected chi connectivity index (χ1v) is 6.67. The molecule has 2 aliphatic rings. The molecule has 0 aliphatic heterocycles. The number of hydrogen-bond acceptors (Lipinski definition) is 2. The van der Waals surface area contributed by atoms with Crippen molar-refractivity contribution < 1.29 is 5.11 Å². The molecule has 2 nitrogen and oxygen atoms in total. The second-order valence-electron chi connectivity index (χ2n) is 5.58. The van der Waals surface area contributed by atoms with E-state index in [1.165, 1.54) is 38.5 Å². The normalized spacial score (nSPS) is 37.6. The van der Waals surface area contributed by atoms with Crippen molar-refractivity contribution in [3.63, 3.8) is 0 Å². The van der Waals surface area contributed by atoms with Gasteiger partial charge in [-0.3, -0.25) is 0 Å². The molecule has 0 saturated heterocycles. The lowest BCUT2D eigenvalue weighted by molar-refractivity contribution is -0.0125. The van der Waals surface area contributed by atoms with Crippen LogP contribution in [0.2, 0.25) is 0 Å². The predicted molar refractivity (Wildman–Crippen MR) is 62.8 cm³/mol. The van der Waals surface area contributed by atoms with E-state index < -0.39 is 0 Å². The molecule has 0 atom stereocenters. The maximum atomic E-state index is 10.4. The Balaban J connectivity index is 1.70. The Bertz CT molecular complexity index is 193. The molecule has 15 heavy (non-hydrogen) atoms. The maximum absolute atomic E-state index is 10.4. The van der Waals surface area contributed by atoms with Crippen LogP contribution in [-0.4, -0.2) is 23.3 Å². The lowest BCUT2D eigenvalue weighted by Gasteiger charge is -2.38. The smallest absolute Gasteiger partial charge is 0.0771 e. The minimum absolute atomic E-state index is 0.388. The van der Waals surface area contributed by atoms with Gasteiger partial charge < -0.3 is 10.4 Å². The van der Waals surface area contributed by atoms with Crippen LogP contribution < -0.4 is 5.32 Å². The molecule has 0 unspecified atom stereocenters. The van der Waals surface area contributed by atoms with Gasteiger partial charge in [-0.1, -0.05) is 19.8 Å². The largest absolute Gasteiger partial charge is 0.389 e. The minimum Gasteiger partial charge on any atom is -0.389 e. The minimum atomic E-state index is -0.388. The van der Waals surface area contributed by atoms with Gasteiger partial charge in [0.25, 0.3) is 0 Å². The number of hydrogen-bond donors (Lipinski definition) is 2. The maximum Gasteiger partial charge on any atom is 0.0771 e. The van der Waals surface area contributed by atoms with E-state index in [1.807, 2.05) is 0 Å². The molecule has 2 aliphatic carbocycles. The number of aliphatic hydroxyl groups is 1. The summed E-state index contributed by atoms with van der Waals surface area (Å²) in [7, 11) is 0. The molecular weight excluding hydrogens is 186 g/mol. The molecule has 0 heterocycles. The van der Waals surface area contributed by atoms with Crippen molar-refractivity contribution in [1.82, 2.24) is 5.32 Å². The zero-order valence-electron chi connectivity index (χ0n) is 9.97. The molecule has 0 aromatic rings. The Morgan fingerprint density at radius 3 is 2.33 bits per heavy atom. The van der Waals surface area contributed by atoms with E-state index in [2.05, 4.69) is 12.2 Å². The van der Waals surface area contributed by atoms with Crippen LogP contribution >= 0.6 is 0 Å². The SMILES string of the molecule is CCC1CCC(O)(CNC2CCC2)CC1. The summed E-state index contributed by atoms with van der Waals surface area (Å²) in [4.78, 5) is 0. The highest BCUT2D eigenvalue weighted by molar-refractivity contribution is 4.89. The van der Waals surface area contributed by atoms with Gasteiger partial charge in [0, 0.05) is 12.6 Å². The molecule has 2 heteroatoms. The van der Waals surface area contributed by atoms with Crippen molar-refractivity contribution in [3.8, 4) is 0 Å². The number of rotatable bonds is 4. The summed E-state index contributed by atoms with van der Waals surface area (Å²) in [5.41, 5.74) is -0.388. The van der Waals surface area contributed by atoms with Crippen molar-refractivity contribution in [2.75, 3.05) is 6.54 Å². The Kier molecular flexibility index (Phi) is 3.68. The van der Waals surface area contributed by atoms with Crippen LogP contribution in [0.3, 0.4) is 0 Å². The average Bonchev–Trinajstić information content (AvgIpc) is 2.16. The van der Waals surface area contributed by atoms with E-state index in [0.29, 0.717) is 6.04 Å². The van der Waals surface area contributed by atoms with E-state index in [-0.39, 0.29) is 5.60 Å². The first kappa shape index (κ1) is 11.4. The molecule has 88 valence electrons. The van der Waals surface area contributed by atoms with Crippen molar-refractivity contribution in [3.05, 3.63) is 0 Å². The highest BCUT2D eigenvalue weighted by Crippen LogP contribution is 2.33. The van der Waals surface area contributed by atoms with Gasteiger partial charge in [0.05, 0.1) is 5.60 Å². The molecule has 0 aromatic heterocycles. The van der Waals surface area contributed by atoms with Gasteiger partial charge >= 0.3 is 0 Å². The predicted octanol–water partition coefficient (Wildman–Crippen LogP) is 2.46. The standard InChI is InChI=1S/C13H25NO/c1-2-11-6-8-13(15,9-7-11)10-14-12-4-3-5-12/h11-12,14-15H,2-10H2,1H3. The van der Waals surface area contributed by atoms with Crippen molar-refractivity contribution in [2.24, 2.45) is 5.92 Å². The van der Waals surface area contributed by atoms with Crippen molar-refractivity contribution >= 4 is 0 Å². The van der Waals surface area contributed by atoms with E-state index in [4.69, 9.17) is 0 Å². The molecule has 0 radical (unpaired) electrons. The zero-order chi connectivity index (χ0) is 10.7. The summed E-state index contributed by atoms with van der Waals surface area (Å²) >= 11 is 0. The molecule has 2 rings (SSSR count). The first-order valence-electron chi connectivity index (χ1n) is 6.67. The van der Waals surface area contributed by atoms with Crippen molar-refractivity contribution in [1.29, 1.82) is 0 Å². The quantitative estimate of drug-likeness (QED) is 0.748. The molecular formula is C13H25NO. The molecule has 0 aromatic carbocycles. The Hall–Kier alpha value is -0.0800. The Morgan fingerprint density at radius 2 is 1.87 bits per heavy atom. The highest BCUT2D eigenvalue weighted by Gasteiger charge is 2.33. The fraction of sp³-hybridized carbons (Fsp3) is 1.00. The second-order valence-corrected chi connectivity index (χ2v) is 5.58. The van der Waals surface area contributed by atoms with Crippen LogP contribution in [0.15, 0.2) is 0 Å². The Labute approximate surface area is 93.5 Å². The zero-order valence-corrected chi connectivity index (χ0v) is 9.97. The van der Waals surface area contributed by atoms with Crippen LogP contribution in [-0.2, 0) is 0 Å². The van der Waals surface area contributed by atoms with E-state index in [9.17, 15) is 5.11 Å². The van der Waals surface area contributed by atoms with Gasteiger partial charge in [-0.05, 0) is 44.4 Å². The lowest BCUT2D eigenvalue weighted by atomic mass is 9.77. The van der Waals surface area contributed by atoms with Crippen LogP contribution in [0, 0.1) is 5.92 Å². The third-order valence-corrected chi connectivity index (χ3v) is 4.44. The van der Waals surface area contributed by atoms with Crippen molar-refractivity contribution in [2.45, 2.75) is 69.9 Å². The van der Waals surface area contributed by atoms with Crippen LogP contribution in [0.25, 0.3) is 0 Å². The number of nitrogens with one attached hydrogen (secondary N) is 1. The molecule has 0 bridgehead atoms. The Morgan fingerprint density at radius 1 is 1.20 bits per heavy atom. The molecule has 2 fully saturated rings. The van der Waals surface area contributed by atoms with E-state index >= 15 is 0 Å². The summed E-state index contributed by atoms with van der Waals surface area (Å²) < 4.78 is 0. The topological polar surface area (TPSA) is 32.3 Å². The van der Waals surface area contributed by atoms with Gasteiger partial charge in [-0.2, -0.15) is 0 Å². The van der Waals surface area contributed by atoms with Crippen LogP contribution in [0.4, 0.5) is 0 Å². The summed E-state index contributed by atoms with van der Waals surface area (Å²) in [5, 5.41) is 13.9. The van der Waals surface area contributed by atoms with Crippen LogP contribution in [0.1, 0.15) is 58.3 Å². The van der Waals surface area contributed by atoms with Crippen LogP contribution in [0.5, 0.6) is 0 Å². The third-order valence-electron chi connectivity index (χ3n) is 4.44. The molecule has 0 spiro atoms. The van der Waals surface area contributed by atoms with E-state index in [1.54, 1.807) is 0 Å². The third kappa shape index (κ3) is 2.94.